The van der Waals surface area contributed by atoms with Crippen molar-refractivity contribution in [2.45, 2.75) is 17.7 Å². The Hall–Kier alpha value is -0.750. The van der Waals surface area contributed by atoms with Gasteiger partial charge in [-0.1, -0.05) is 15.9 Å². The topological polar surface area (TPSA) is 51.2 Å². The Bertz CT molecular complexity index is 593. The molecule has 0 N–H and O–H groups in total. The zero-order valence-electron chi connectivity index (χ0n) is 8.38. The highest BCUT2D eigenvalue weighted by Gasteiger charge is 2.30. The van der Waals surface area contributed by atoms with Crippen LogP contribution in [-0.2, 0) is 27.5 Å². The molecular formula is C10H8BrFO3S. The second-order valence-electron chi connectivity index (χ2n) is 3.79. The summed E-state index contributed by atoms with van der Waals surface area (Å²) in [7, 11) is -3.65. The van der Waals surface area contributed by atoms with Crippen molar-refractivity contribution >= 4 is 31.6 Å². The molecule has 0 amide bonds. The molecule has 1 aromatic rings. The Balaban J connectivity index is 2.83. The van der Waals surface area contributed by atoms with E-state index >= 15 is 0 Å². The highest BCUT2D eigenvalue weighted by atomic mass is 79.9. The van der Waals surface area contributed by atoms with Gasteiger partial charge in [0.25, 0.3) is 0 Å². The van der Waals surface area contributed by atoms with E-state index < -0.39 is 15.7 Å². The third kappa shape index (κ3) is 1.80. The van der Waals surface area contributed by atoms with Crippen LogP contribution in [0.4, 0.5) is 4.39 Å². The predicted octanol–water partition coefficient (Wildman–Crippen LogP) is 1.66. The van der Waals surface area contributed by atoms with Gasteiger partial charge in [-0.15, -0.1) is 0 Å². The van der Waals surface area contributed by atoms with E-state index in [9.17, 15) is 17.6 Å². The summed E-state index contributed by atoms with van der Waals surface area (Å²) in [5.74, 6) is -0.894. The minimum atomic E-state index is -3.65. The molecular weight excluding hydrogens is 299 g/mol. The second-order valence-corrected chi connectivity index (χ2v) is 6.60. The quantitative estimate of drug-likeness (QED) is 0.793. The number of rotatable bonds is 1. The lowest BCUT2D eigenvalue weighted by Crippen LogP contribution is -2.06. The summed E-state index contributed by atoms with van der Waals surface area (Å²) in [4.78, 5) is 11.0. The molecule has 0 aliphatic heterocycles. The van der Waals surface area contributed by atoms with Crippen LogP contribution in [0.15, 0.2) is 15.4 Å². The molecule has 0 unspecified atom stereocenters. The van der Waals surface area contributed by atoms with Gasteiger partial charge in [-0.3, -0.25) is 4.79 Å². The van der Waals surface area contributed by atoms with Gasteiger partial charge in [0.05, 0.1) is 0 Å². The average molecular weight is 307 g/mol. The molecule has 0 fully saturated rings. The fraction of sp³-hybridized carbons (Fsp3) is 0.300. The Morgan fingerprint density at radius 2 is 1.88 bits per heavy atom. The van der Waals surface area contributed by atoms with E-state index in [1.54, 1.807) is 0 Å². The first-order chi connectivity index (χ1) is 7.30. The number of benzene rings is 1. The average Bonchev–Trinajstić information content (AvgIpc) is 2.43. The second kappa shape index (κ2) is 3.63. The monoisotopic (exact) mass is 306 g/mol. The molecule has 0 heterocycles. The number of hydrogen-bond acceptors (Lipinski definition) is 3. The van der Waals surface area contributed by atoms with E-state index in [0.717, 1.165) is 12.3 Å². The van der Waals surface area contributed by atoms with Crippen molar-refractivity contribution in [3.8, 4) is 0 Å². The number of sulfone groups is 1. The van der Waals surface area contributed by atoms with E-state index in [1.165, 1.54) is 0 Å². The van der Waals surface area contributed by atoms with Crippen molar-refractivity contribution in [2.24, 2.45) is 0 Å². The molecule has 86 valence electrons. The predicted molar refractivity (Wildman–Crippen MR) is 59.6 cm³/mol. The van der Waals surface area contributed by atoms with E-state index in [1.807, 2.05) is 0 Å². The van der Waals surface area contributed by atoms with Gasteiger partial charge >= 0.3 is 0 Å². The number of carbonyl (C=O) groups is 1. The van der Waals surface area contributed by atoms with E-state index in [-0.39, 0.29) is 23.5 Å². The van der Waals surface area contributed by atoms with E-state index in [4.69, 9.17) is 0 Å². The highest BCUT2D eigenvalue weighted by molar-refractivity contribution is 9.10. The molecule has 1 aliphatic carbocycles. The Labute approximate surface area is 101 Å². The third-order valence-corrected chi connectivity index (χ3v) is 4.41. The number of fused-ring (bicyclic) bond motifs is 1. The van der Waals surface area contributed by atoms with Gasteiger partial charge in [-0.2, -0.15) is 0 Å². The fourth-order valence-electron chi connectivity index (χ4n) is 1.93. The zero-order valence-corrected chi connectivity index (χ0v) is 10.8. The van der Waals surface area contributed by atoms with Crippen molar-refractivity contribution in [1.29, 1.82) is 0 Å². The zero-order chi connectivity index (χ0) is 12.1. The first-order valence-corrected chi connectivity index (χ1v) is 7.20. The van der Waals surface area contributed by atoms with Crippen LogP contribution in [-0.4, -0.2) is 20.5 Å². The number of carbonyl (C=O) groups excluding carboxylic acids is 1. The molecule has 6 heteroatoms. The van der Waals surface area contributed by atoms with Gasteiger partial charge < -0.3 is 0 Å². The number of Topliss-reactive ketones (excluding diaryl/α,β-unsaturated/α-hetero) is 1. The molecule has 3 nitrogen and oxygen atoms in total. The number of ketones is 1. The van der Waals surface area contributed by atoms with Crippen LogP contribution in [0.1, 0.15) is 11.1 Å². The molecule has 0 spiro atoms. The summed E-state index contributed by atoms with van der Waals surface area (Å²) in [5, 5.41) is 0. The van der Waals surface area contributed by atoms with Crippen molar-refractivity contribution in [3.05, 3.63) is 27.5 Å². The summed E-state index contributed by atoms with van der Waals surface area (Å²) >= 11 is 3.14. The molecule has 0 radical (unpaired) electrons. The maximum absolute atomic E-state index is 13.6. The lowest BCUT2D eigenvalue weighted by molar-refractivity contribution is -0.117. The first kappa shape index (κ1) is 11.7. The van der Waals surface area contributed by atoms with Crippen LogP contribution in [0.3, 0.4) is 0 Å². The SMILES string of the molecule is CS(=O)(=O)c1c(F)cc(Br)c2c1CC(=O)C2. The van der Waals surface area contributed by atoms with Crippen molar-refractivity contribution in [3.63, 3.8) is 0 Å². The molecule has 0 saturated carbocycles. The fourth-order valence-corrected chi connectivity index (χ4v) is 3.56. The minimum Gasteiger partial charge on any atom is -0.299 e. The van der Waals surface area contributed by atoms with Gasteiger partial charge in [0, 0.05) is 23.6 Å². The van der Waals surface area contributed by atoms with Crippen LogP contribution in [0.25, 0.3) is 0 Å². The van der Waals surface area contributed by atoms with Gasteiger partial charge in [0.2, 0.25) is 0 Å². The lowest BCUT2D eigenvalue weighted by atomic mass is 10.1. The van der Waals surface area contributed by atoms with Gasteiger partial charge in [-0.05, 0) is 17.2 Å². The summed E-state index contributed by atoms with van der Waals surface area (Å²) in [6, 6.07) is 1.10. The van der Waals surface area contributed by atoms with Crippen LogP contribution >= 0.6 is 15.9 Å². The molecule has 16 heavy (non-hydrogen) atoms. The molecule has 0 bridgehead atoms. The Kier molecular flexibility index (Phi) is 2.66. The molecule has 1 aliphatic rings. The van der Waals surface area contributed by atoms with Crippen LogP contribution in [0.5, 0.6) is 0 Å². The van der Waals surface area contributed by atoms with E-state index in [2.05, 4.69) is 15.9 Å². The number of halogens is 2. The third-order valence-electron chi connectivity index (χ3n) is 2.52. The Morgan fingerprint density at radius 3 is 2.44 bits per heavy atom. The summed E-state index contributed by atoms with van der Waals surface area (Å²) in [6.45, 7) is 0. The molecule has 2 rings (SSSR count). The number of hydrogen-bond donors (Lipinski definition) is 0. The normalized spacial score (nSPS) is 15.3. The minimum absolute atomic E-state index is 0.00586. The van der Waals surface area contributed by atoms with Crippen molar-refractivity contribution in [2.75, 3.05) is 6.26 Å². The van der Waals surface area contributed by atoms with Crippen LogP contribution in [0, 0.1) is 5.82 Å². The van der Waals surface area contributed by atoms with Crippen molar-refractivity contribution in [1.82, 2.24) is 0 Å². The largest absolute Gasteiger partial charge is 0.299 e. The van der Waals surface area contributed by atoms with Crippen LogP contribution in [0.2, 0.25) is 0 Å². The molecule has 1 aromatic carbocycles. The molecule has 0 saturated heterocycles. The maximum atomic E-state index is 13.6. The first-order valence-electron chi connectivity index (χ1n) is 4.52. The Morgan fingerprint density at radius 1 is 1.31 bits per heavy atom. The van der Waals surface area contributed by atoms with Gasteiger partial charge in [0.1, 0.15) is 16.5 Å². The van der Waals surface area contributed by atoms with Gasteiger partial charge in [-0.25, -0.2) is 12.8 Å². The van der Waals surface area contributed by atoms with Gasteiger partial charge in [0.15, 0.2) is 9.84 Å². The summed E-state index contributed by atoms with van der Waals surface area (Å²) in [5.41, 5.74) is 0.895. The standard InChI is InChI=1S/C10H8BrFO3S/c1-16(14,15)10-7-3-5(13)2-6(7)8(11)4-9(10)12/h4H,2-3H2,1H3. The smallest absolute Gasteiger partial charge is 0.178 e. The summed E-state index contributed by atoms with van der Waals surface area (Å²) < 4.78 is 37.0. The summed E-state index contributed by atoms with van der Waals surface area (Å²) in [6.07, 6.45) is 1.11. The van der Waals surface area contributed by atoms with Crippen molar-refractivity contribution < 1.29 is 17.6 Å². The molecule has 0 aromatic heterocycles. The maximum Gasteiger partial charge on any atom is 0.178 e. The lowest BCUT2D eigenvalue weighted by Gasteiger charge is -2.09. The highest BCUT2D eigenvalue weighted by Crippen LogP contribution is 2.34. The van der Waals surface area contributed by atoms with Crippen LogP contribution < -0.4 is 0 Å². The molecule has 0 atom stereocenters. The van der Waals surface area contributed by atoms with E-state index in [0.29, 0.717) is 15.6 Å².